The van der Waals surface area contributed by atoms with E-state index in [1.54, 1.807) is 7.11 Å². The van der Waals surface area contributed by atoms with E-state index in [2.05, 4.69) is 36.9 Å². The zero-order chi connectivity index (χ0) is 14.4. The maximum atomic E-state index is 5.40. The van der Waals surface area contributed by atoms with Crippen LogP contribution in [0.1, 0.15) is 50.7 Å². The van der Waals surface area contributed by atoms with Crippen molar-refractivity contribution in [1.29, 1.82) is 0 Å². The average molecular weight is 275 g/mol. The van der Waals surface area contributed by atoms with Crippen molar-refractivity contribution in [3.05, 3.63) is 29.3 Å². The molecule has 0 aliphatic heterocycles. The van der Waals surface area contributed by atoms with E-state index >= 15 is 0 Å². The first-order chi connectivity index (χ1) is 9.78. The summed E-state index contributed by atoms with van der Waals surface area (Å²) in [5.74, 6) is 1.00. The fraction of sp³-hybridized carbons (Fsp3) is 0.667. The van der Waals surface area contributed by atoms with Crippen LogP contribution in [0.2, 0.25) is 0 Å². The van der Waals surface area contributed by atoms with Crippen molar-refractivity contribution in [2.24, 2.45) is 0 Å². The smallest absolute Gasteiger partial charge is 0.119 e. The Hall–Kier alpha value is -1.02. The van der Waals surface area contributed by atoms with Crippen LogP contribution >= 0.6 is 0 Å². The van der Waals surface area contributed by atoms with Gasteiger partial charge in [0.25, 0.3) is 0 Å². The van der Waals surface area contributed by atoms with Gasteiger partial charge in [-0.25, -0.2) is 0 Å². The maximum Gasteiger partial charge on any atom is 0.119 e. The highest BCUT2D eigenvalue weighted by Gasteiger charge is 2.22. The van der Waals surface area contributed by atoms with E-state index < -0.39 is 0 Å². The summed E-state index contributed by atoms with van der Waals surface area (Å²) in [6, 6.07) is 7.34. The van der Waals surface area contributed by atoms with Gasteiger partial charge in [-0.3, -0.25) is 0 Å². The molecule has 2 rings (SSSR count). The number of hydrogen-bond donors (Lipinski definition) is 0. The second-order valence-electron chi connectivity index (χ2n) is 5.92. The molecule has 1 aromatic carbocycles. The first-order valence-corrected chi connectivity index (χ1v) is 8.18. The van der Waals surface area contributed by atoms with Gasteiger partial charge in [-0.05, 0) is 74.9 Å². The Morgan fingerprint density at radius 3 is 2.55 bits per heavy atom. The summed E-state index contributed by atoms with van der Waals surface area (Å²) in [7, 11) is 1.76. The van der Waals surface area contributed by atoms with E-state index in [9.17, 15) is 0 Å². The SMILES string of the molecule is CCCN(CCC)[C@@H]1CCCc2ccc(OC)cc2C1. The molecule has 0 saturated carbocycles. The molecule has 1 aliphatic carbocycles. The summed E-state index contributed by atoms with van der Waals surface area (Å²) in [5.41, 5.74) is 3.03. The Labute approximate surface area is 124 Å². The van der Waals surface area contributed by atoms with Crippen molar-refractivity contribution in [3.8, 4) is 5.75 Å². The van der Waals surface area contributed by atoms with Gasteiger partial charge >= 0.3 is 0 Å². The number of nitrogens with zero attached hydrogens (tertiary/aromatic N) is 1. The minimum absolute atomic E-state index is 0.711. The number of aryl methyl sites for hydroxylation is 1. The van der Waals surface area contributed by atoms with Crippen LogP contribution in [0.4, 0.5) is 0 Å². The molecule has 0 amide bonds. The van der Waals surface area contributed by atoms with Gasteiger partial charge < -0.3 is 9.64 Å². The number of benzene rings is 1. The minimum atomic E-state index is 0.711. The molecule has 1 aliphatic rings. The fourth-order valence-electron chi connectivity index (χ4n) is 3.41. The van der Waals surface area contributed by atoms with Crippen molar-refractivity contribution >= 4 is 0 Å². The van der Waals surface area contributed by atoms with Crippen LogP contribution in [0.15, 0.2) is 18.2 Å². The zero-order valence-corrected chi connectivity index (χ0v) is 13.3. The lowest BCUT2D eigenvalue weighted by atomic mass is 10.0. The molecule has 0 radical (unpaired) electrons. The highest BCUT2D eigenvalue weighted by molar-refractivity contribution is 5.37. The van der Waals surface area contributed by atoms with Gasteiger partial charge in [-0.15, -0.1) is 0 Å². The van der Waals surface area contributed by atoms with Gasteiger partial charge in [0.1, 0.15) is 5.75 Å². The number of hydrogen-bond acceptors (Lipinski definition) is 2. The van der Waals surface area contributed by atoms with Gasteiger partial charge in [-0.1, -0.05) is 19.9 Å². The number of rotatable bonds is 6. The number of methoxy groups -OCH3 is 1. The quantitative estimate of drug-likeness (QED) is 0.726. The highest BCUT2D eigenvalue weighted by atomic mass is 16.5. The second-order valence-corrected chi connectivity index (χ2v) is 5.92. The third kappa shape index (κ3) is 3.76. The van der Waals surface area contributed by atoms with Crippen molar-refractivity contribution < 1.29 is 4.74 Å². The minimum Gasteiger partial charge on any atom is -0.497 e. The Kier molecular flexibility index (Phi) is 5.90. The van der Waals surface area contributed by atoms with Gasteiger partial charge in [0, 0.05) is 6.04 Å². The van der Waals surface area contributed by atoms with Crippen LogP contribution in [0.3, 0.4) is 0 Å². The molecule has 20 heavy (non-hydrogen) atoms. The van der Waals surface area contributed by atoms with Crippen LogP contribution in [0.5, 0.6) is 5.75 Å². The monoisotopic (exact) mass is 275 g/mol. The predicted octanol–water partition coefficient (Wildman–Crippen LogP) is 4.06. The van der Waals surface area contributed by atoms with Crippen LogP contribution in [0, 0.1) is 0 Å². The molecule has 2 heteroatoms. The molecule has 0 bridgehead atoms. The van der Waals surface area contributed by atoms with Gasteiger partial charge in [0.15, 0.2) is 0 Å². The Balaban J connectivity index is 2.16. The molecule has 1 atom stereocenters. The first kappa shape index (κ1) is 15.4. The lowest BCUT2D eigenvalue weighted by Crippen LogP contribution is -2.37. The summed E-state index contributed by atoms with van der Waals surface area (Å²) < 4.78 is 5.40. The standard InChI is InChI=1S/C18H29NO/c1-4-11-19(12-5-2)17-8-6-7-15-9-10-18(20-3)14-16(15)13-17/h9-10,14,17H,4-8,11-13H2,1-3H3/t17-/m1/s1. The molecule has 0 saturated heterocycles. The largest absolute Gasteiger partial charge is 0.497 e. The van der Waals surface area contributed by atoms with Crippen molar-refractivity contribution in [1.82, 2.24) is 4.90 Å². The molecule has 112 valence electrons. The van der Waals surface area contributed by atoms with Gasteiger partial charge in [0.05, 0.1) is 7.11 Å². The normalized spacial score (nSPS) is 18.7. The molecule has 0 N–H and O–H groups in total. The predicted molar refractivity (Wildman–Crippen MR) is 85.6 cm³/mol. The van der Waals surface area contributed by atoms with E-state index in [0.29, 0.717) is 6.04 Å². The van der Waals surface area contributed by atoms with E-state index in [1.165, 1.54) is 62.7 Å². The summed E-state index contributed by atoms with van der Waals surface area (Å²) >= 11 is 0. The molecule has 0 heterocycles. The molecule has 0 aromatic heterocycles. The lowest BCUT2D eigenvalue weighted by Gasteiger charge is -2.30. The van der Waals surface area contributed by atoms with Crippen molar-refractivity contribution in [3.63, 3.8) is 0 Å². The lowest BCUT2D eigenvalue weighted by molar-refractivity contribution is 0.185. The molecule has 0 fully saturated rings. The average Bonchev–Trinajstić information content (AvgIpc) is 2.68. The van der Waals surface area contributed by atoms with Crippen molar-refractivity contribution in [2.45, 2.75) is 58.4 Å². The van der Waals surface area contributed by atoms with E-state index in [0.717, 1.165) is 5.75 Å². The second kappa shape index (κ2) is 7.68. The summed E-state index contributed by atoms with van der Waals surface area (Å²) in [6.45, 7) is 7.04. The van der Waals surface area contributed by atoms with E-state index in [-0.39, 0.29) is 0 Å². The Morgan fingerprint density at radius 1 is 1.15 bits per heavy atom. The van der Waals surface area contributed by atoms with E-state index in [1.807, 2.05) is 0 Å². The molecular formula is C18H29NO. The topological polar surface area (TPSA) is 12.5 Å². The molecule has 0 spiro atoms. The van der Waals surface area contributed by atoms with Crippen LogP contribution in [-0.2, 0) is 12.8 Å². The molecular weight excluding hydrogens is 246 g/mol. The zero-order valence-electron chi connectivity index (χ0n) is 13.3. The molecule has 1 aromatic rings. The van der Waals surface area contributed by atoms with Gasteiger partial charge in [0.2, 0.25) is 0 Å². The number of ether oxygens (including phenoxy) is 1. The van der Waals surface area contributed by atoms with Crippen LogP contribution in [0.25, 0.3) is 0 Å². The highest BCUT2D eigenvalue weighted by Crippen LogP contribution is 2.27. The molecule has 0 unspecified atom stereocenters. The number of fused-ring (bicyclic) bond motifs is 1. The van der Waals surface area contributed by atoms with Crippen LogP contribution < -0.4 is 4.74 Å². The third-order valence-electron chi connectivity index (χ3n) is 4.39. The Bertz CT molecular complexity index is 410. The molecule has 2 nitrogen and oxygen atoms in total. The van der Waals surface area contributed by atoms with Gasteiger partial charge in [-0.2, -0.15) is 0 Å². The van der Waals surface area contributed by atoms with Crippen LogP contribution in [-0.4, -0.2) is 31.1 Å². The van der Waals surface area contributed by atoms with Crippen molar-refractivity contribution in [2.75, 3.05) is 20.2 Å². The van der Waals surface area contributed by atoms with E-state index in [4.69, 9.17) is 4.74 Å². The third-order valence-corrected chi connectivity index (χ3v) is 4.39. The summed E-state index contributed by atoms with van der Waals surface area (Å²) in [4.78, 5) is 2.70. The Morgan fingerprint density at radius 2 is 1.90 bits per heavy atom. The summed E-state index contributed by atoms with van der Waals surface area (Å²) in [6.07, 6.45) is 7.56. The summed E-state index contributed by atoms with van der Waals surface area (Å²) in [5, 5.41) is 0. The fourth-order valence-corrected chi connectivity index (χ4v) is 3.41. The maximum absolute atomic E-state index is 5.40. The first-order valence-electron chi connectivity index (χ1n) is 8.18.